The largest absolute Gasteiger partial charge is 0.378 e. The van der Waals surface area contributed by atoms with Crippen molar-refractivity contribution in [3.8, 4) is 17.5 Å². The van der Waals surface area contributed by atoms with Gasteiger partial charge in [0.05, 0.1) is 11.9 Å². The second-order valence-corrected chi connectivity index (χ2v) is 9.01. The Bertz CT molecular complexity index is 1120. The number of aliphatic hydroxyl groups is 1. The van der Waals surface area contributed by atoms with Gasteiger partial charge in [-0.15, -0.1) is 0 Å². The number of fused-ring (bicyclic) bond motifs is 1. The Hall–Kier alpha value is -2.87. The van der Waals surface area contributed by atoms with Crippen molar-refractivity contribution in [1.29, 1.82) is 0 Å². The van der Waals surface area contributed by atoms with Crippen molar-refractivity contribution in [2.24, 2.45) is 0 Å². The maximum atomic E-state index is 9.75. The standard InChI is InChI=1S/C27H31N3O/c1-19-7-5-9-25(20(19)2)30-26-10-6-8-24(23(26)18-29-30)28-17-22-13-11-21(12-14-22)15-16-27(3,4)31/h5,7,9,11-14,18,24,28,31H,6,8,10,17H2,1-4H3/t24-/m1/s1. The third kappa shape index (κ3) is 4.90. The van der Waals surface area contributed by atoms with Crippen LogP contribution >= 0.6 is 0 Å². The molecule has 4 heteroatoms. The molecule has 0 fully saturated rings. The van der Waals surface area contributed by atoms with Crippen LogP contribution in [0.5, 0.6) is 0 Å². The van der Waals surface area contributed by atoms with E-state index < -0.39 is 5.60 Å². The number of hydrogen-bond donors (Lipinski definition) is 2. The number of aromatic nitrogens is 2. The van der Waals surface area contributed by atoms with E-state index in [4.69, 9.17) is 5.10 Å². The summed E-state index contributed by atoms with van der Waals surface area (Å²) >= 11 is 0. The van der Waals surface area contributed by atoms with Crippen LogP contribution in [0.1, 0.15) is 66.2 Å². The van der Waals surface area contributed by atoms with Crippen LogP contribution in [0.25, 0.3) is 5.69 Å². The molecule has 1 heterocycles. The summed E-state index contributed by atoms with van der Waals surface area (Å²) in [6.45, 7) is 8.52. The molecule has 0 amide bonds. The lowest BCUT2D eigenvalue weighted by Gasteiger charge is -2.25. The van der Waals surface area contributed by atoms with Crippen molar-refractivity contribution in [2.45, 2.75) is 65.1 Å². The average molecular weight is 414 g/mol. The molecular weight excluding hydrogens is 382 g/mol. The molecule has 1 atom stereocenters. The minimum Gasteiger partial charge on any atom is -0.378 e. The SMILES string of the molecule is Cc1cccc(-n2ncc3c2CCC[C@H]3NCc2ccc(C#CC(C)(C)O)cc2)c1C. The molecule has 0 saturated heterocycles. The van der Waals surface area contributed by atoms with Gasteiger partial charge in [0.2, 0.25) is 0 Å². The first-order valence-electron chi connectivity index (χ1n) is 11.0. The minimum absolute atomic E-state index is 0.317. The zero-order chi connectivity index (χ0) is 22.0. The van der Waals surface area contributed by atoms with Crippen LogP contribution in [0, 0.1) is 25.7 Å². The van der Waals surface area contributed by atoms with Crippen molar-refractivity contribution in [3.63, 3.8) is 0 Å². The summed E-state index contributed by atoms with van der Waals surface area (Å²) in [4.78, 5) is 0. The highest BCUT2D eigenvalue weighted by atomic mass is 16.3. The second kappa shape index (κ2) is 8.70. The monoisotopic (exact) mass is 413 g/mol. The third-order valence-corrected chi connectivity index (χ3v) is 6.01. The number of rotatable bonds is 4. The average Bonchev–Trinajstić information content (AvgIpc) is 3.17. The van der Waals surface area contributed by atoms with Gasteiger partial charge in [0.25, 0.3) is 0 Å². The van der Waals surface area contributed by atoms with Crippen LogP contribution < -0.4 is 5.32 Å². The predicted molar refractivity (Wildman–Crippen MR) is 125 cm³/mol. The molecule has 0 radical (unpaired) electrons. The molecule has 0 bridgehead atoms. The maximum Gasteiger partial charge on any atom is 0.120 e. The van der Waals surface area contributed by atoms with Crippen LogP contribution in [-0.2, 0) is 13.0 Å². The van der Waals surface area contributed by atoms with E-state index >= 15 is 0 Å². The Morgan fingerprint density at radius 3 is 2.68 bits per heavy atom. The van der Waals surface area contributed by atoms with E-state index in [1.165, 1.54) is 33.6 Å². The Morgan fingerprint density at radius 1 is 1.16 bits per heavy atom. The lowest BCUT2D eigenvalue weighted by atomic mass is 9.92. The van der Waals surface area contributed by atoms with Crippen molar-refractivity contribution in [2.75, 3.05) is 0 Å². The zero-order valence-corrected chi connectivity index (χ0v) is 18.9. The first-order chi connectivity index (χ1) is 14.8. The molecule has 2 N–H and O–H groups in total. The molecular formula is C27H31N3O. The van der Waals surface area contributed by atoms with Crippen LogP contribution in [0.3, 0.4) is 0 Å². The van der Waals surface area contributed by atoms with Gasteiger partial charge >= 0.3 is 0 Å². The predicted octanol–water partition coefficient (Wildman–Crippen LogP) is 4.78. The summed E-state index contributed by atoms with van der Waals surface area (Å²) in [6.07, 6.45) is 5.39. The van der Waals surface area contributed by atoms with Gasteiger partial charge in [0, 0.05) is 29.4 Å². The van der Waals surface area contributed by atoms with Crippen LogP contribution in [0.15, 0.2) is 48.7 Å². The third-order valence-electron chi connectivity index (χ3n) is 6.01. The summed E-state index contributed by atoms with van der Waals surface area (Å²) < 4.78 is 2.14. The molecule has 0 unspecified atom stereocenters. The number of nitrogens with one attached hydrogen (secondary N) is 1. The van der Waals surface area contributed by atoms with Gasteiger partial charge < -0.3 is 10.4 Å². The van der Waals surface area contributed by atoms with Gasteiger partial charge in [0.15, 0.2) is 0 Å². The number of nitrogens with zero attached hydrogens (tertiary/aromatic N) is 2. The first kappa shape index (κ1) is 21.4. The first-order valence-corrected chi connectivity index (χ1v) is 11.0. The lowest BCUT2D eigenvalue weighted by molar-refractivity contribution is 0.143. The molecule has 4 rings (SSSR count). The molecule has 2 aromatic carbocycles. The molecule has 0 aliphatic heterocycles. The molecule has 1 aromatic heterocycles. The highest BCUT2D eigenvalue weighted by Gasteiger charge is 2.25. The minimum atomic E-state index is -0.972. The van der Waals surface area contributed by atoms with E-state index in [0.717, 1.165) is 31.4 Å². The number of benzene rings is 2. The Morgan fingerprint density at radius 2 is 1.94 bits per heavy atom. The fourth-order valence-electron chi connectivity index (χ4n) is 4.11. The summed E-state index contributed by atoms with van der Waals surface area (Å²) in [7, 11) is 0. The molecule has 4 nitrogen and oxygen atoms in total. The summed E-state index contributed by atoms with van der Waals surface area (Å²) in [5.41, 5.74) is 7.59. The molecule has 1 aliphatic carbocycles. The van der Waals surface area contributed by atoms with Gasteiger partial charge in [-0.3, -0.25) is 0 Å². The van der Waals surface area contributed by atoms with Crippen molar-refractivity contribution < 1.29 is 5.11 Å². The highest BCUT2D eigenvalue weighted by Crippen LogP contribution is 2.32. The van der Waals surface area contributed by atoms with Gasteiger partial charge in [-0.05, 0) is 81.8 Å². The van der Waals surface area contributed by atoms with Gasteiger partial charge in [-0.2, -0.15) is 5.10 Å². The van der Waals surface area contributed by atoms with E-state index in [-0.39, 0.29) is 0 Å². The van der Waals surface area contributed by atoms with Crippen molar-refractivity contribution >= 4 is 0 Å². The van der Waals surface area contributed by atoms with E-state index in [9.17, 15) is 5.11 Å². The normalized spacial score (nSPS) is 15.8. The van der Waals surface area contributed by atoms with Gasteiger partial charge in [-0.25, -0.2) is 4.68 Å². The van der Waals surface area contributed by atoms with Crippen LogP contribution in [-0.4, -0.2) is 20.5 Å². The fraction of sp³-hybridized carbons (Fsp3) is 0.370. The molecule has 160 valence electrons. The lowest BCUT2D eigenvalue weighted by Crippen LogP contribution is -2.25. The molecule has 0 spiro atoms. The maximum absolute atomic E-state index is 9.75. The van der Waals surface area contributed by atoms with E-state index in [1.54, 1.807) is 13.8 Å². The molecule has 3 aromatic rings. The Kier molecular flexibility index (Phi) is 6.00. The molecule has 0 saturated carbocycles. The van der Waals surface area contributed by atoms with Crippen molar-refractivity contribution in [1.82, 2.24) is 15.1 Å². The van der Waals surface area contributed by atoms with Crippen LogP contribution in [0.4, 0.5) is 0 Å². The summed E-state index contributed by atoms with van der Waals surface area (Å²) in [5, 5.41) is 18.3. The van der Waals surface area contributed by atoms with Gasteiger partial charge in [0.1, 0.15) is 5.60 Å². The second-order valence-electron chi connectivity index (χ2n) is 9.01. The highest BCUT2D eigenvalue weighted by molar-refractivity contribution is 5.46. The molecule has 31 heavy (non-hydrogen) atoms. The summed E-state index contributed by atoms with van der Waals surface area (Å²) in [6, 6.07) is 15.0. The number of hydrogen-bond acceptors (Lipinski definition) is 3. The van der Waals surface area contributed by atoms with E-state index in [2.05, 4.69) is 66.0 Å². The fourth-order valence-corrected chi connectivity index (χ4v) is 4.11. The number of aryl methyl sites for hydroxylation is 1. The zero-order valence-electron chi connectivity index (χ0n) is 18.9. The quantitative estimate of drug-likeness (QED) is 0.605. The van der Waals surface area contributed by atoms with Crippen molar-refractivity contribution in [3.05, 3.63) is 82.2 Å². The van der Waals surface area contributed by atoms with E-state index in [1.807, 2.05) is 18.3 Å². The molecule has 1 aliphatic rings. The van der Waals surface area contributed by atoms with Gasteiger partial charge in [-0.1, -0.05) is 36.1 Å². The van der Waals surface area contributed by atoms with E-state index in [0.29, 0.717) is 6.04 Å². The van der Waals surface area contributed by atoms with Crippen LogP contribution in [0.2, 0.25) is 0 Å². The Labute approximate surface area is 185 Å². The topological polar surface area (TPSA) is 50.1 Å². The Balaban J connectivity index is 1.48. The smallest absolute Gasteiger partial charge is 0.120 e. The summed E-state index contributed by atoms with van der Waals surface area (Å²) in [5.74, 6) is 5.88.